The lowest BCUT2D eigenvalue weighted by atomic mass is 9.89. The van der Waals surface area contributed by atoms with Gasteiger partial charge in [-0.3, -0.25) is 29.2 Å². The number of nitrogens with two attached hydrogens (primary N) is 6. The Kier molecular flexibility index (Phi) is 17.0. The van der Waals surface area contributed by atoms with Gasteiger partial charge in [-0.15, -0.1) is 0 Å². The lowest BCUT2D eigenvalue weighted by Gasteiger charge is -2.24. The molecule has 13 nitrogen and oxygen atoms in total. The van der Waals surface area contributed by atoms with E-state index in [-0.39, 0.29) is 68.7 Å². The van der Waals surface area contributed by atoms with Gasteiger partial charge in [0.15, 0.2) is 23.5 Å². The van der Waals surface area contributed by atoms with Gasteiger partial charge in [-0.25, -0.2) is 0 Å². The number of nitrogens with one attached hydrogen (secondary N) is 1. The first-order valence-electron chi connectivity index (χ1n) is 17.2. The molecule has 0 aliphatic carbocycles. The minimum Gasteiger partial charge on any atom is -0.370 e. The van der Waals surface area contributed by atoms with E-state index in [0.717, 1.165) is 26.7 Å². The van der Waals surface area contributed by atoms with E-state index in [9.17, 15) is 19.2 Å². The summed E-state index contributed by atoms with van der Waals surface area (Å²) in [6.07, 6.45) is 1.49. The first kappa shape index (κ1) is 41.3. The number of hydrogen-bond acceptors (Lipinski definition) is 7. The fraction of sp³-hybridized carbons (Fsp3) is 0.368. The summed E-state index contributed by atoms with van der Waals surface area (Å²) >= 11 is 3.41. The molecule has 0 radical (unpaired) electrons. The SMILES string of the molecule is NC(=O)[C@H](CCCN=C(N)N)CC(=O)[C@H](Cc1ccc(Br)cc1)NC(=O)[C@H](CCCN=C(N)N)CC(=O)[C@@H](N)Cc1ccc(-c2ccccc2)cc1. The first-order valence-corrected chi connectivity index (χ1v) is 18.0. The predicted molar refractivity (Wildman–Crippen MR) is 209 cm³/mol. The highest BCUT2D eigenvalue weighted by Crippen LogP contribution is 2.22. The monoisotopic (exact) mass is 775 g/mol. The number of aliphatic imine (C=N–C) groups is 2. The van der Waals surface area contributed by atoms with E-state index in [1.165, 1.54) is 0 Å². The van der Waals surface area contributed by atoms with Crippen LogP contribution in [0.2, 0.25) is 0 Å². The third kappa shape index (κ3) is 14.6. The highest BCUT2D eigenvalue weighted by atomic mass is 79.9. The minimum atomic E-state index is -1.000. The van der Waals surface area contributed by atoms with Crippen molar-refractivity contribution in [2.24, 2.45) is 56.2 Å². The van der Waals surface area contributed by atoms with Gasteiger partial charge < -0.3 is 39.7 Å². The molecule has 13 N–H and O–H groups in total. The maximum Gasteiger partial charge on any atom is 0.224 e. The van der Waals surface area contributed by atoms with Crippen molar-refractivity contribution in [2.75, 3.05) is 13.1 Å². The second-order valence-electron chi connectivity index (χ2n) is 12.8. The molecule has 0 heterocycles. The lowest BCUT2D eigenvalue weighted by molar-refractivity contribution is -0.134. The van der Waals surface area contributed by atoms with Crippen LogP contribution in [-0.2, 0) is 32.0 Å². The van der Waals surface area contributed by atoms with Crippen LogP contribution in [0.5, 0.6) is 0 Å². The summed E-state index contributed by atoms with van der Waals surface area (Å²) in [5.74, 6) is -3.56. The molecule has 0 aromatic heterocycles. The maximum atomic E-state index is 13.9. The van der Waals surface area contributed by atoms with Crippen LogP contribution in [0.25, 0.3) is 11.1 Å². The molecular weight excluding hydrogens is 726 g/mol. The second-order valence-corrected chi connectivity index (χ2v) is 13.7. The summed E-state index contributed by atoms with van der Waals surface area (Å²) < 4.78 is 0.848. The van der Waals surface area contributed by atoms with Gasteiger partial charge in [-0.1, -0.05) is 82.7 Å². The molecule has 3 aromatic rings. The number of carbonyl (C=O) groups excluding carboxylic acids is 4. The predicted octanol–water partition coefficient (Wildman–Crippen LogP) is 2.46. The first-order chi connectivity index (χ1) is 24.8. The molecule has 0 saturated carbocycles. The molecule has 14 heteroatoms. The number of benzene rings is 3. The molecule has 0 aliphatic rings. The number of ketones is 2. The largest absolute Gasteiger partial charge is 0.370 e. The standard InChI is InChI=1S/C38H50BrN9O4/c39-30-16-12-25(13-17-30)21-32(34(50)22-28(35(41)51)8-4-18-46-37(42)43)48-36(52)29(9-5-19-47-38(44)45)23-33(49)31(40)20-24-10-14-27(15-11-24)26-6-2-1-3-7-26/h1-3,6-7,10-17,28-29,31-32H,4-5,8-9,18-23,40H2,(H2,41,51)(H,48,52)(H4,42,43,46)(H4,44,45,47)/t28-,29-,31+,32+/m1/s1. The van der Waals surface area contributed by atoms with Gasteiger partial charge in [0, 0.05) is 42.2 Å². The van der Waals surface area contributed by atoms with Gasteiger partial charge in [-0.05, 0) is 72.9 Å². The van der Waals surface area contributed by atoms with Crippen molar-refractivity contribution in [1.82, 2.24) is 5.32 Å². The Morgan fingerprint density at radius 3 is 1.69 bits per heavy atom. The smallest absolute Gasteiger partial charge is 0.224 e. The van der Waals surface area contributed by atoms with Crippen molar-refractivity contribution >= 4 is 51.2 Å². The van der Waals surface area contributed by atoms with Gasteiger partial charge in [0.1, 0.15) is 0 Å². The molecule has 2 amide bonds. The van der Waals surface area contributed by atoms with Crippen molar-refractivity contribution in [2.45, 2.75) is 63.5 Å². The number of guanidine groups is 2. The van der Waals surface area contributed by atoms with Crippen molar-refractivity contribution in [3.63, 3.8) is 0 Å². The Balaban J connectivity index is 1.77. The zero-order valence-electron chi connectivity index (χ0n) is 29.3. The summed E-state index contributed by atoms with van der Waals surface area (Å²) in [4.78, 5) is 61.5. The zero-order valence-corrected chi connectivity index (χ0v) is 30.8. The molecule has 52 heavy (non-hydrogen) atoms. The fourth-order valence-corrected chi connectivity index (χ4v) is 6.03. The summed E-state index contributed by atoms with van der Waals surface area (Å²) in [7, 11) is 0. The van der Waals surface area contributed by atoms with Gasteiger partial charge in [0.2, 0.25) is 11.8 Å². The number of Topliss-reactive ketones (excluding diaryl/α,β-unsaturated/α-hetero) is 2. The fourth-order valence-electron chi connectivity index (χ4n) is 5.76. The average Bonchev–Trinajstić information content (AvgIpc) is 3.11. The van der Waals surface area contributed by atoms with Crippen LogP contribution in [0, 0.1) is 11.8 Å². The number of halogens is 1. The minimum absolute atomic E-state index is 0.0752. The number of hydrogen-bond donors (Lipinski definition) is 7. The molecule has 4 atom stereocenters. The Hall–Kier alpha value is -5.08. The van der Waals surface area contributed by atoms with Crippen LogP contribution in [0.15, 0.2) is 93.3 Å². The number of nitrogens with zero attached hydrogens (tertiary/aromatic N) is 2. The molecule has 0 unspecified atom stereocenters. The molecule has 0 fully saturated rings. The van der Waals surface area contributed by atoms with E-state index < -0.39 is 35.7 Å². The van der Waals surface area contributed by atoms with E-state index in [4.69, 9.17) is 34.4 Å². The maximum absolute atomic E-state index is 13.9. The molecule has 0 bridgehead atoms. The molecule has 0 spiro atoms. The topological polar surface area (TPSA) is 261 Å². The van der Waals surface area contributed by atoms with Crippen LogP contribution in [-0.4, -0.2) is 60.5 Å². The highest BCUT2D eigenvalue weighted by molar-refractivity contribution is 9.10. The van der Waals surface area contributed by atoms with Crippen molar-refractivity contribution in [3.05, 3.63) is 94.5 Å². The third-order valence-electron chi connectivity index (χ3n) is 8.67. The number of amides is 2. The molecule has 3 rings (SSSR count). The van der Waals surface area contributed by atoms with Crippen LogP contribution in [0.1, 0.15) is 49.7 Å². The van der Waals surface area contributed by atoms with E-state index in [1.807, 2.05) is 78.9 Å². The van der Waals surface area contributed by atoms with Crippen molar-refractivity contribution in [3.8, 4) is 11.1 Å². The number of carbonyl (C=O) groups is 4. The number of primary amides is 1. The molecule has 0 aliphatic heterocycles. The quantitative estimate of drug-likeness (QED) is 0.0449. The van der Waals surface area contributed by atoms with Gasteiger partial charge in [-0.2, -0.15) is 0 Å². The van der Waals surface area contributed by atoms with Crippen LogP contribution in [0.3, 0.4) is 0 Å². The molecule has 3 aromatic carbocycles. The number of rotatable bonds is 22. The summed E-state index contributed by atoms with van der Waals surface area (Å²) in [5.41, 5.74) is 37.6. The average molecular weight is 777 g/mol. The van der Waals surface area contributed by atoms with Crippen LogP contribution < -0.4 is 39.7 Å². The van der Waals surface area contributed by atoms with Crippen LogP contribution in [0.4, 0.5) is 0 Å². The van der Waals surface area contributed by atoms with E-state index >= 15 is 0 Å². The second kappa shape index (κ2) is 21.3. The normalized spacial score (nSPS) is 13.2. The lowest BCUT2D eigenvalue weighted by Crippen LogP contribution is -2.47. The Bertz CT molecular complexity index is 1670. The Morgan fingerprint density at radius 2 is 1.13 bits per heavy atom. The Morgan fingerprint density at radius 1 is 0.635 bits per heavy atom. The van der Waals surface area contributed by atoms with Crippen molar-refractivity contribution < 1.29 is 19.2 Å². The van der Waals surface area contributed by atoms with Gasteiger partial charge >= 0.3 is 0 Å². The van der Waals surface area contributed by atoms with E-state index in [0.29, 0.717) is 19.3 Å². The summed E-state index contributed by atoms with van der Waals surface area (Å²) in [6.45, 7) is 0.525. The van der Waals surface area contributed by atoms with E-state index in [1.54, 1.807) is 0 Å². The van der Waals surface area contributed by atoms with Gasteiger partial charge in [0.25, 0.3) is 0 Å². The van der Waals surface area contributed by atoms with Crippen LogP contribution >= 0.6 is 15.9 Å². The molecular formula is C38H50BrN9O4. The zero-order chi connectivity index (χ0) is 38.0. The molecule has 278 valence electrons. The van der Waals surface area contributed by atoms with E-state index in [2.05, 4.69) is 31.2 Å². The van der Waals surface area contributed by atoms with Crippen molar-refractivity contribution in [1.29, 1.82) is 0 Å². The summed E-state index contributed by atoms with van der Waals surface area (Å²) in [6, 6.07) is 23.2. The highest BCUT2D eigenvalue weighted by Gasteiger charge is 2.31. The summed E-state index contributed by atoms with van der Waals surface area (Å²) in [5, 5.41) is 2.89. The molecule has 0 saturated heterocycles. The van der Waals surface area contributed by atoms with Gasteiger partial charge in [0.05, 0.1) is 12.1 Å². The Labute approximate surface area is 313 Å². The third-order valence-corrected chi connectivity index (χ3v) is 9.20.